The van der Waals surface area contributed by atoms with Crippen molar-refractivity contribution in [1.82, 2.24) is 14.6 Å². The van der Waals surface area contributed by atoms with E-state index in [1.54, 1.807) is 24.5 Å². The minimum atomic E-state index is -3.86. The minimum absolute atomic E-state index is 0.0990. The number of pyridine rings is 1. The van der Waals surface area contributed by atoms with E-state index in [1.807, 2.05) is 30.3 Å². The van der Waals surface area contributed by atoms with Crippen LogP contribution in [0.4, 0.5) is 0 Å². The summed E-state index contributed by atoms with van der Waals surface area (Å²) in [5, 5.41) is 3.21. The molecule has 0 aliphatic heterocycles. The maximum absolute atomic E-state index is 13.2. The number of hydrogen-bond donors (Lipinski definition) is 1. The van der Waals surface area contributed by atoms with Crippen LogP contribution in [0, 0.1) is 0 Å². The second-order valence-electron chi connectivity index (χ2n) is 6.66. The summed E-state index contributed by atoms with van der Waals surface area (Å²) in [4.78, 5) is 16.6. The zero-order chi connectivity index (χ0) is 21.4. The second-order valence-corrected chi connectivity index (χ2v) is 9.03. The summed E-state index contributed by atoms with van der Waals surface area (Å²) in [5.41, 5.74) is 1.88. The number of sulfonamides is 1. The van der Waals surface area contributed by atoms with Gasteiger partial charge in [0.15, 0.2) is 0 Å². The van der Waals surface area contributed by atoms with Crippen molar-refractivity contribution in [2.75, 3.05) is 13.1 Å². The number of aromatic nitrogens is 1. The zero-order valence-corrected chi connectivity index (χ0v) is 17.8. The van der Waals surface area contributed by atoms with Gasteiger partial charge >= 0.3 is 0 Å². The molecule has 30 heavy (non-hydrogen) atoms. The molecule has 8 heteroatoms. The summed E-state index contributed by atoms with van der Waals surface area (Å²) in [6.07, 6.45) is 3.77. The van der Waals surface area contributed by atoms with Gasteiger partial charge in [0.2, 0.25) is 15.9 Å². The fourth-order valence-electron chi connectivity index (χ4n) is 2.86. The first-order valence-electron chi connectivity index (χ1n) is 9.40. The smallest absolute Gasteiger partial charge is 0.243 e. The maximum atomic E-state index is 13.2. The predicted molar refractivity (Wildman–Crippen MR) is 116 cm³/mol. The molecule has 0 aliphatic carbocycles. The fourth-order valence-corrected chi connectivity index (χ4v) is 4.38. The fraction of sp³-hybridized carbons (Fsp3) is 0.182. The first-order chi connectivity index (χ1) is 14.4. The van der Waals surface area contributed by atoms with Gasteiger partial charge in [-0.3, -0.25) is 9.78 Å². The molecule has 0 radical (unpaired) electrons. The van der Waals surface area contributed by atoms with E-state index in [4.69, 9.17) is 11.6 Å². The number of rotatable bonds is 9. The molecule has 1 heterocycles. The highest BCUT2D eigenvalue weighted by atomic mass is 35.5. The maximum Gasteiger partial charge on any atom is 0.243 e. The Hall–Kier alpha value is -2.74. The normalized spacial score (nSPS) is 11.4. The molecule has 1 N–H and O–H groups in total. The van der Waals surface area contributed by atoms with Gasteiger partial charge in [-0.2, -0.15) is 4.31 Å². The van der Waals surface area contributed by atoms with Gasteiger partial charge in [-0.25, -0.2) is 8.42 Å². The van der Waals surface area contributed by atoms with Crippen LogP contribution in [-0.4, -0.2) is 36.7 Å². The average Bonchev–Trinajstić information content (AvgIpc) is 2.77. The van der Waals surface area contributed by atoms with Crippen molar-refractivity contribution in [2.45, 2.75) is 17.9 Å². The molecule has 0 saturated heterocycles. The summed E-state index contributed by atoms with van der Waals surface area (Å²) in [6, 6.07) is 19.1. The van der Waals surface area contributed by atoms with Crippen LogP contribution in [0.3, 0.4) is 0 Å². The van der Waals surface area contributed by atoms with Crippen molar-refractivity contribution in [2.24, 2.45) is 0 Å². The summed E-state index contributed by atoms with van der Waals surface area (Å²) < 4.78 is 27.5. The summed E-state index contributed by atoms with van der Waals surface area (Å²) >= 11 is 5.89. The van der Waals surface area contributed by atoms with E-state index in [0.717, 1.165) is 11.1 Å². The Labute approximate surface area is 181 Å². The van der Waals surface area contributed by atoms with Gasteiger partial charge in [-0.15, -0.1) is 0 Å². The standard InChI is InChI=1S/C22H22ClN3O3S/c23-20-6-8-21(9-7-20)30(28,29)26(15-12-18-4-2-1-3-5-18)17-22(27)25-16-19-10-13-24-14-11-19/h1-11,13-14H,12,15-17H2,(H,25,27). The van der Waals surface area contributed by atoms with Gasteiger partial charge < -0.3 is 5.32 Å². The molecule has 1 aromatic heterocycles. The molecule has 156 valence electrons. The molecule has 6 nitrogen and oxygen atoms in total. The van der Waals surface area contributed by atoms with Gasteiger partial charge in [0.1, 0.15) is 0 Å². The third-order valence-electron chi connectivity index (χ3n) is 4.50. The molecular weight excluding hydrogens is 422 g/mol. The number of nitrogens with one attached hydrogen (secondary N) is 1. The summed E-state index contributed by atoms with van der Waals surface area (Å²) in [5.74, 6) is -0.377. The first kappa shape index (κ1) is 22.0. The molecular formula is C22H22ClN3O3S. The van der Waals surface area contributed by atoms with Crippen molar-refractivity contribution >= 4 is 27.5 Å². The van der Waals surface area contributed by atoms with E-state index < -0.39 is 10.0 Å². The van der Waals surface area contributed by atoms with Crippen LogP contribution in [0.1, 0.15) is 11.1 Å². The topological polar surface area (TPSA) is 79.4 Å². The van der Waals surface area contributed by atoms with Crippen LogP contribution in [0.2, 0.25) is 5.02 Å². The Bertz CT molecular complexity index is 1060. The second kappa shape index (κ2) is 10.3. The Balaban J connectivity index is 1.74. The number of halogens is 1. The highest BCUT2D eigenvalue weighted by Gasteiger charge is 2.26. The van der Waals surface area contributed by atoms with E-state index in [0.29, 0.717) is 18.0 Å². The van der Waals surface area contributed by atoms with Gasteiger partial charge in [0, 0.05) is 30.5 Å². The van der Waals surface area contributed by atoms with E-state index in [9.17, 15) is 13.2 Å². The predicted octanol–water partition coefficient (Wildman–Crippen LogP) is 3.28. The van der Waals surface area contributed by atoms with Crippen LogP contribution in [0.25, 0.3) is 0 Å². The quantitative estimate of drug-likeness (QED) is 0.550. The molecule has 0 aliphatic rings. The lowest BCUT2D eigenvalue weighted by Crippen LogP contribution is -2.41. The SMILES string of the molecule is O=C(CN(CCc1ccccc1)S(=O)(=O)c1ccc(Cl)cc1)NCc1ccncc1. The van der Waals surface area contributed by atoms with Crippen LogP contribution in [-0.2, 0) is 27.8 Å². The number of hydrogen-bond acceptors (Lipinski definition) is 4. The molecule has 0 saturated carbocycles. The monoisotopic (exact) mass is 443 g/mol. The van der Waals surface area contributed by atoms with Crippen LogP contribution in [0.5, 0.6) is 0 Å². The van der Waals surface area contributed by atoms with Gasteiger partial charge in [0.25, 0.3) is 0 Å². The van der Waals surface area contributed by atoms with Crippen LogP contribution < -0.4 is 5.32 Å². The highest BCUT2D eigenvalue weighted by molar-refractivity contribution is 7.89. The molecule has 0 fully saturated rings. The molecule has 0 atom stereocenters. The Morgan fingerprint density at radius 2 is 1.60 bits per heavy atom. The lowest BCUT2D eigenvalue weighted by Gasteiger charge is -2.22. The highest BCUT2D eigenvalue weighted by Crippen LogP contribution is 2.19. The molecule has 0 unspecified atom stereocenters. The van der Waals surface area contributed by atoms with Crippen molar-refractivity contribution in [3.8, 4) is 0 Å². The minimum Gasteiger partial charge on any atom is -0.351 e. The van der Waals surface area contributed by atoms with Crippen LogP contribution >= 0.6 is 11.6 Å². The van der Waals surface area contributed by atoms with Crippen LogP contribution in [0.15, 0.2) is 84.0 Å². The summed E-state index contributed by atoms with van der Waals surface area (Å²) in [7, 11) is -3.86. The van der Waals surface area contributed by atoms with Crippen molar-refractivity contribution < 1.29 is 13.2 Å². The lowest BCUT2D eigenvalue weighted by molar-refractivity contribution is -0.121. The van der Waals surface area contributed by atoms with E-state index in [1.165, 1.54) is 28.6 Å². The number of nitrogens with zero attached hydrogens (tertiary/aromatic N) is 2. The average molecular weight is 444 g/mol. The molecule has 0 spiro atoms. The van der Waals surface area contributed by atoms with Gasteiger partial charge in [-0.05, 0) is 53.9 Å². The molecule has 2 aromatic carbocycles. The van der Waals surface area contributed by atoms with Crippen molar-refractivity contribution in [1.29, 1.82) is 0 Å². The Kier molecular flexibility index (Phi) is 7.57. The number of benzene rings is 2. The molecule has 3 aromatic rings. The lowest BCUT2D eigenvalue weighted by atomic mass is 10.1. The third kappa shape index (κ3) is 6.13. The van der Waals surface area contributed by atoms with E-state index >= 15 is 0 Å². The number of carbonyl (C=O) groups is 1. The van der Waals surface area contributed by atoms with Crippen molar-refractivity contribution in [3.05, 3.63) is 95.3 Å². The first-order valence-corrected chi connectivity index (χ1v) is 11.2. The third-order valence-corrected chi connectivity index (χ3v) is 6.61. The molecule has 0 bridgehead atoms. The Morgan fingerprint density at radius 3 is 2.27 bits per heavy atom. The largest absolute Gasteiger partial charge is 0.351 e. The van der Waals surface area contributed by atoms with Gasteiger partial charge in [0.05, 0.1) is 11.4 Å². The summed E-state index contributed by atoms with van der Waals surface area (Å²) in [6.45, 7) is 0.204. The van der Waals surface area contributed by atoms with E-state index in [2.05, 4.69) is 10.3 Å². The number of carbonyl (C=O) groups excluding carboxylic acids is 1. The van der Waals surface area contributed by atoms with E-state index in [-0.39, 0.29) is 23.9 Å². The molecule has 3 rings (SSSR count). The zero-order valence-electron chi connectivity index (χ0n) is 16.2. The molecule has 1 amide bonds. The number of amides is 1. The van der Waals surface area contributed by atoms with Crippen molar-refractivity contribution in [3.63, 3.8) is 0 Å². The van der Waals surface area contributed by atoms with Gasteiger partial charge in [-0.1, -0.05) is 41.9 Å². The Morgan fingerprint density at radius 1 is 0.933 bits per heavy atom.